The Kier molecular flexibility index (Phi) is 6.52. The second-order valence-corrected chi connectivity index (χ2v) is 8.69. The molecular weight excluding hydrogens is 470 g/mol. The monoisotopic (exact) mass is 489 g/mol. The molecule has 3 aromatic rings. The summed E-state index contributed by atoms with van der Waals surface area (Å²) in [6.07, 6.45) is -4.21. The molecule has 0 bridgehead atoms. The number of hydrogen-bond donors (Lipinski definition) is 0. The van der Waals surface area contributed by atoms with E-state index in [1.165, 1.54) is 29.5 Å². The molecule has 0 saturated heterocycles. The van der Waals surface area contributed by atoms with E-state index in [1.54, 1.807) is 18.2 Å². The van der Waals surface area contributed by atoms with Crippen LogP contribution < -0.4 is 0 Å². The van der Waals surface area contributed by atoms with Crippen molar-refractivity contribution in [2.45, 2.75) is 18.6 Å². The lowest BCUT2D eigenvalue weighted by atomic mass is 10.0. The topological polar surface area (TPSA) is 53.0 Å². The lowest BCUT2D eigenvalue weighted by molar-refractivity contribution is -0.137. The molecule has 1 aliphatic heterocycles. The molecule has 1 unspecified atom stereocenters. The number of halogens is 4. The normalized spacial score (nSPS) is 15.9. The zero-order chi connectivity index (χ0) is 24.5. The van der Waals surface area contributed by atoms with Crippen LogP contribution in [0.3, 0.4) is 0 Å². The molecule has 34 heavy (non-hydrogen) atoms. The van der Waals surface area contributed by atoms with Gasteiger partial charge in [-0.3, -0.25) is 9.59 Å². The maximum atomic E-state index is 14.5. The SMILES string of the molecule is CN(CC(=O)N1N=C(c2cccs2)CC1c1ccccc1F)C(=O)c1ccc(C(F)(F)F)cc1. The molecule has 4 rings (SSSR count). The first-order valence-corrected chi connectivity index (χ1v) is 11.1. The molecule has 2 amide bonds. The van der Waals surface area contributed by atoms with Gasteiger partial charge < -0.3 is 4.90 Å². The van der Waals surface area contributed by atoms with E-state index >= 15 is 0 Å². The summed E-state index contributed by atoms with van der Waals surface area (Å²) in [7, 11) is 1.37. The average Bonchev–Trinajstić information content (AvgIpc) is 3.48. The number of benzene rings is 2. The number of alkyl halides is 3. The summed E-state index contributed by atoms with van der Waals surface area (Å²) < 4.78 is 52.9. The first-order chi connectivity index (χ1) is 16.1. The van der Waals surface area contributed by atoms with Gasteiger partial charge in [-0.2, -0.15) is 18.3 Å². The summed E-state index contributed by atoms with van der Waals surface area (Å²) in [4.78, 5) is 27.8. The minimum atomic E-state index is -4.51. The minimum Gasteiger partial charge on any atom is -0.332 e. The number of carbonyl (C=O) groups excluding carboxylic acids is 2. The molecule has 0 spiro atoms. The Bertz CT molecular complexity index is 1220. The molecule has 2 heterocycles. The first kappa shape index (κ1) is 23.6. The van der Waals surface area contributed by atoms with Crippen LogP contribution in [0.25, 0.3) is 0 Å². The quantitative estimate of drug-likeness (QED) is 0.454. The lowest BCUT2D eigenvalue weighted by Crippen LogP contribution is -2.39. The Balaban J connectivity index is 1.54. The van der Waals surface area contributed by atoms with Gasteiger partial charge in [0.15, 0.2) is 0 Å². The number of carbonyl (C=O) groups is 2. The zero-order valence-electron chi connectivity index (χ0n) is 17.9. The van der Waals surface area contributed by atoms with Crippen LogP contribution in [-0.4, -0.2) is 41.0 Å². The second-order valence-electron chi connectivity index (χ2n) is 7.74. The van der Waals surface area contributed by atoms with Crippen LogP contribution in [-0.2, 0) is 11.0 Å². The van der Waals surface area contributed by atoms with Crippen molar-refractivity contribution in [2.24, 2.45) is 5.10 Å². The summed E-state index contributed by atoms with van der Waals surface area (Å²) in [6.45, 7) is -0.383. The van der Waals surface area contributed by atoms with Crippen LogP contribution in [0, 0.1) is 5.82 Å². The summed E-state index contributed by atoms with van der Waals surface area (Å²) in [5.74, 6) is -1.63. The average molecular weight is 489 g/mol. The summed E-state index contributed by atoms with van der Waals surface area (Å²) in [5.41, 5.74) is 0.0809. The molecule has 1 atom stereocenters. The Hall–Kier alpha value is -3.53. The summed E-state index contributed by atoms with van der Waals surface area (Å²) >= 11 is 1.45. The summed E-state index contributed by atoms with van der Waals surface area (Å²) in [5, 5.41) is 7.49. The fourth-order valence-corrected chi connectivity index (χ4v) is 4.41. The van der Waals surface area contributed by atoms with Crippen LogP contribution in [0.5, 0.6) is 0 Å². The number of rotatable bonds is 5. The Morgan fingerprint density at radius 1 is 1.09 bits per heavy atom. The highest BCUT2D eigenvalue weighted by molar-refractivity contribution is 7.12. The van der Waals surface area contributed by atoms with Gasteiger partial charge in [0.2, 0.25) is 0 Å². The van der Waals surface area contributed by atoms with Gasteiger partial charge in [-0.25, -0.2) is 9.40 Å². The number of nitrogens with zero attached hydrogens (tertiary/aromatic N) is 3. The van der Waals surface area contributed by atoms with E-state index in [1.807, 2.05) is 17.5 Å². The molecular formula is C24H19F4N3O2S. The molecule has 0 N–H and O–H groups in total. The molecule has 10 heteroatoms. The maximum absolute atomic E-state index is 14.5. The highest BCUT2D eigenvalue weighted by Gasteiger charge is 2.36. The largest absolute Gasteiger partial charge is 0.416 e. The predicted molar refractivity (Wildman–Crippen MR) is 120 cm³/mol. The van der Waals surface area contributed by atoms with Gasteiger partial charge in [-0.05, 0) is 41.8 Å². The van der Waals surface area contributed by atoms with Gasteiger partial charge >= 0.3 is 6.18 Å². The molecule has 0 saturated carbocycles. The van der Waals surface area contributed by atoms with Crippen molar-refractivity contribution in [1.29, 1.82) is 0 Å². The van der Waals surface area contributed by atoms with Crippen molar-refractivity contribution in [3.05, 3.63) is 93.4 Å². The molecule has 0 fully saturated rings. The summed E-state index contributed by atoms with van der Waals surface area (Å²) in [6, 6.07) is 12.9. The van der Waals surface area contributed by atoms with E-state index in [9.17, 15) is 27.2 Å². The first-order valence-electron chi connectivity index (χ1n) is 10.3. The minimum absolute atomic E-state index is 0.0122. The Labute approximate surface area is 196 Å². The third-order valence-corrected chi connectivity index (χ3v) is 6.33. The van der Waals surface area contributed by atoms with E-state index in [0.717, 1.165) is 34.0 Å². The standard InChI is InChI=1S/C24H19F4N3O2S/c1-30(23(33)15-8-10-16(11-9-15)24(26,27)28)14-22(32)31-20(17-5-2-3-6-18(17)25)13-19(29-31)21-7-4-12-34-21/h2-12,20H,13-14H2,1H3. The van der Waals surface area contributed by atoms with Crippen molar-refractivity contribution in [3.8, 4) is 0 Å². The third-order valence-electron chi connectivity index (χ3n) is 5.41. The van der Waals surface area contributed by atoms with Gasteiger partial charge in [-0.1, -0.05) is 24.3 Å². The van der Waals surface area contributed by atoms with Crippen LogP contribution in [0.2, 0.25) is 0 Å². The van der Waals surface area contributed by atoms with Crippen molar-refractivity contribution in [1.82, 2.24) is 9.91 Å². The van der Waals surface area contributed by atoms with Crippen LogP contribution >= 0.6 is 11.3 Å². The molecule has 2 aromatic carbocycles. The van der Waals surface area contributed by atoms with Gasteiger partial charge in [0.05, 0.1) is 22.2 Å². The Morgan fingerprint density at radius 3 is 2.41 bits per heavy atom. The molecule has 176 valence electrons. The number of thiophene rings is 1. The smallest absolute Gasteiger partial charge is 0.332 e. The maximum Gasteiger partial charge on any atom is 0.416 e. The third kappa shape index (κ3) is 4.86. The predicted octanol–water partition coefficient (Wildman–Crippen LogP) is 5.36. The van der Waals surface area contributed by atoms with Crippen LogP contribution in [0.15, 0.2) is 71.1 Å². The van der Waals surface area contributed by atoms with E-state index in [-0.39, 0.29) is 12.1 Å². The molecule has 0 aliphatic carbocycles. The van der Waals surface area contributed by atoms with Crippen molar-refractivity contribution >= 4 is 28.9 Å². The van der Waals surface area contributed by atoms with E-state index in [2.05, 4.69) is 5.10 Å². The molecule has 0 radical (unpaired) electrons. The van der Waals surface area contributed by atoms with Crippen molar-refractivity contribution in [2.75, 3.05) is 13.6 Å². The van der Waals surface area contributed by atoms with Gasteiger partial charge in [0.1, 0.15) is 12.4 Å². The lowest BCUT2D eigenvalue weighted by Gasteiger charge is -2.25. The number of hydrazone groups is 1. The number of amides is 2. The van der Waals surface area contributed by atoms with E-state index in [0.29, 0.717) is 17.7 Å². The van der Waals surface area contributed by atoms with Crippen molar-refractivity contribution < 1.29 is 27.2 Å². The number of likely N-dealkylation sites (N-methyl/N-ethyl adjacent to an activating group) is 1. The Morgan fingerprint density at radius 2 is 1.79 bits per heavy atom. The molecule has 1 aromatic heterocycles. The second kappa shape index (κ2) is 9.38. The van der Waals surface area contributed by atoms with Gasteiger partial charge in [-0.15, -0.1) is 11.3 Å². The number of hydrogen-bond acceptors (Lipinski definition) is 4. The van der Waals surface area contributed by atoms with Gasteiger partial charge in [0.25, 0.3) is 11.8 Å². The van der Waals surface area contributed by atoms with E-state index in [4.69, 9.17) is 0 Å². The zero-order valence-corrected chi connectivity index (χ0v) is 18.7. The fourth-order valence-electron chi connectivity index (χ4n) is 3.69. The molecule has 1 aliphatic rings. The fraction of sp³-hybridized carbons (Fsp3) is 0.208. The van der Waals surface area contributed by atoms with E-state index < -0.39 is 35.4 Å². The molecule has 5 nitrogen and oxygen atoms in total. The highest BCUT2D eigenvalue weighted by Crippen LogP contribution is 2.35. The van der Waals surface area contributed by atoms with Crippen molar-refractivity contribution in [3.63, 3.8) is 0 Å². The van der Waals surface area contributed by atoms with Crippen LogP contribution in [0.4, 0.5) is 17.6 Å². The van der Waals surface area contributed by atoms with Gasteiger partial charge in [0, 0.05) is 24.6 Å². The van der Waals surface area contributed by atoms with Crippen LogP contribution in [0.1, 0.15) is 38.8 Å². The highest BCUT2D eigenvalue weighted by atomic mass is 32.1.